The lowest BCUT2D eigenvalue weighted by atomic mass is 9.91. The van der Waals surface area contributed by atoms with Crippen LogP contribution < -0.4 is 9.47 Å². The van der Waals surface area contributed by atoms with Crippen LogP contribution in [0.1, 0.15) is 56.2 Å². The molecule has 0 bridgehead atoms. The van der Waals surface area contributed by atoms with Crippen LogP contribution >= 0.6 is 11.3 Å². The minimum absolute atomic E-state index is 0.0901. The zero-order valence-corrected chi connectivity index (χ0v) is 20.6. The van der Waals surface area contributed by atoms with Crippen LogP contribution in [-0.4, -0.2) is 40.7 Å². The average molecular weight is 454 g/mol. The number of methoxy groups -OCH3 is 1. The number of rotatable bonds is 5. The van der Waals surface area contributed by atoms with E-state index in [-0.39, 0.29) is 18.1 Å². The third kappa shape index (κ3) is 3.79. The molecule has 6 nitrogen and oxygen atoms in total. The molecule has 2 aromatic heterocycles. The Balaban J connectivity index is 1.91. The second kappa shape index (κ2) is 8.28. The van der Waals surface area contributed by atoms with E-state index in [1.54, 1.807) is 23.3 Å². The van der Waals surface area contributed by atoms with Gasteiger partial charge in [-0.1, -0.05) is 19.9 Å². The van der Waals surface area contributed by atoms with Gasteiger partial charge >= 0.3 is 0 Å². The van der Waals surface area contributed by atoms with Crippen molar-refractivity contribution in [1.82, 2.24) is 15.1 Å². The van der Waals surface area contributed by atoms with Gasteiger partial charge in [0, 0.05) is 28.6 Å². The molecule has 0 saturated carbocycles. The van der Waals surface area contributed by atoms with Crippen LogP contribution in [0.4, 0.5) is 0 Å². The number of carbonyl (C=O) groups excluding carboxylic acids is 1. The highest BCUT2D eigenvalue weighted by atomic mass is 32.1. The van der Waals surface area contributed by atoms with Crippen LogP contribution in [0, 0.1) is 5.92 Å². The van der Waals surface area contributed by atoms with Crippen LogP contribution in [0.25, 0.3) is 21.7 Å². The molecule has 3 heterocycles. The van der Waals surface area contributed by atoms with Crippen molar-refractivity contribution in [2.24, 2.45) is 5.92 Å². The van der Waals surface area contributed by atoms with Gasteiger partial charge in [-0.3, -0.25) is 9.89 Å². The first kappa shape index (κ1) is 22.4. The minimum Gasteiger partial charge on any atom is -0.496 e. The van der Waals surface area contributed by atoms with E-state index in [9.17, 15) is 4.79 Å². The quantitative estimate of drug-likeness (QED) is 0.532. The molecule has 0 aliphatic carbocycles. The molecule has 32 heavy (non-hydrogen) atoms. The van der Waals surface area contributed by atoms with Crippen molar-refractivity contribution in [3.63, 3.8) is 0 Å². The van der Waals surface area contributed by atoms with Crippen LogP contribution in [-0.2, 0) is 13.0 Å². The number of nitrogens with zero attached hydrogens (tertiary/aromatic N) is 2. The Hall–Kier alpha value is -2.80. The summed E-state index contributed by atoms with van der Waals surface area (Å²) in [6.07, 6.45) is 0.868. The lowest BCUT2D eigenvalue weighted by molar-refractivity contribution is 0.0647. The highest BCUT2D eigenvalue weighted by Gasteiger charge is 2.34. The maximum Gasteiger partial charge on any atom is 0.272 e. The van der Waals surface area contributed by atoms with E-state index in [2.05, 4.69) is 41.6 Å². The second-order valence-corrected chi connectivity index (χ2v) is 10.6. The molecule has 1 N–H and O–H groups in total. The van der Waals surface area contributed by atoms with Crippen LogP contribution in [0.2, 0.25) is 0 Å². The summed E-state index contributed by atoms with van der Waals surface area (Å²) in [6, 6.07) is 6.23. The molecule has 1 aliphatic heterocycles. The monoisotopic (exact) mass is 453 g/mol. The Kier molecular flexibility index (Phi) is 5.79. The number of hydrogen-bond acceptors (Lipinski definition) is 5. The number of hydrogen-bond donors (Lipinski definition) is 1. The molecule has 1 aliphatic rings. The first-order valence-electron chi connectivity index (χ1n) is 10.9. The summed E-state index contributed by atoms with van der Waals surface area (Å²) >= 11 is 1.66. The molecule has 4 rings (SSSR count). The Bertz CT molecular complexity index is 1140. The predicted octanol–water partition coefficient (Wildman–Crippen LogP) is 5.78. The number of thiophene rings is 1. The Morgan fingerprint density at radius 2 is 2.12 bits per heavy atom. The number of fused-ring (bicyclic) bond motifs is 3. The topological polar surface area (TPSA) is 67.5 Å². The SMILES string of the molecule is COc1c(CC(C)C)cc2c(c1-c1cccs1)OCc1c-2n[nH]c1C(=O)N(C)C(C)(C)C. The maximum absolute atomic E-state index is 13.2. The Labute approximate surface area is 193 Å². The van der Waals surface area contributed by atoms with Gasteiger partial charge in [0.15, 0.2) is 0 Å². The summed E-state index contributed by atoms with van der Waals surface area (Å²) in [5.41, 5.74) is 4.75. The maximum atomic E-state index is 13.2. The van der Waals surface area contributed by atoms with E-state index in [0.29, 0.717) is 11.6 Å². The van der Waals surface area contributed by atoms with Gasteiger partial charge in [-0.25, -0.2) is 0 Å². The molecule has 0 fully saturated rings. The van der Waals surface area contributed by atoms with E-state index < -0.39 is 0 Å². The molecule has 1 amide bonds. The van der Waals surface area contributed by atoms with Crippen molar-refractivity contribution in [1.29, 1.82) is 0 Å². The van der Waals surface area contributed by atoms with Gasteiger partial charge in [-0.05, 0) is 56.2 Å². The number of ether oxygens (including phenoxy) is 2. The smallest absolute Gasteiger partial charge is 0.272 e. The molecule has 3 aromatic rings. The lowest BCUT2D eigenvalue weighted by Gasteiger charge is -2.32. The van der Waals surface area contributed by atoms with Crippen molar-refractivity contribution in [3.8, 4) is 33.2 Å². The van der Waals surface area contributed by atoms with Gasteiger partial charge in [-0.2, -0.15) is 5.10 Å². The standard InChI is InChI=1S/C25H31N3O3S/c1-14(2)11-15-12-16-20-17(21(27-26-20)24(29)28(6)25(3,4)5)13-31-23(16)19(22(15)30-7)18-9-8-10-32-18/h8-10,12,14H,11,13H2,1-7H3,(H,26,27). The van der Waals surface area contributed by atoms with Crippen molar-refractivity contribution in [2.75, 3.05) is 14.2 Å². The summed E-state index contributed by atoms with van der Waals surface area (Å²) in [5.74, 6) is 1.98. The van der Waals surface area contributed by atoms with Crippen LogP contribution in [0.3, 0.4) is 0 Å². The van der Waals surface area contributed by atoms with Crippen molar-refractivity contribution >= 4 is 17.2 Å². The number of carbonyl (C=O) groups is 1. The largest absolute Gasteiger partial charge is 0.496 e. The van der Waals surface area contributed by atoms with Crippen molar-refractivity contribution in [3.05, 3.63) is 40.4 Å². The molecular weight excluding hydrogens is 422 g/mol. The number of H-pyrrole nitrogens is 1. The summed E-state index contributed by atoms with van der Waals surface area (Å²) in [5, 5.41) is 9.65. The summed E-state index contributed by atoms with van der Waals surface area (Å²) in [7, 11) is 3.53. The number of benzene rings is 1. The van der Waals surface area contributed by atoms with E-state index in [4.69, 9.17) is 9.47 Å². The molecule has 0 saturated heterocycles. The number of aromatic amines is 1. The highest BCUT2D eigenvalue weighted by Crippen LogP contribution is 2.51. The summed E-state index contributed by atoms with van der Waals surface area (Å²) in [4.78, 5) is 16.0. The van der Waals surface area contributed by atoms with E-state index in [0.717, 1.165) is 50.7 Å². The second-order valence-electron chi connectivity index (χ2n) is 9.65. The fourth-order valence-electron chi connectivity index (χ4n) is 4.02. The molecule has 0 unspecified atom stereocenters. The molecule has 7 heteroatoms. The van der Waals surface area contributed by atoms with Gasteiger partial charge in [0.05, 0.1) is 12.7 Å². The van der Waals surface area contributed by atoms with E-state index in [1.165, 1.54) is 0 Å². The van der Waals surface area contributed by atoms with E-state index in [1.807, 2.05) is 33.9 Å². The highest BCUT2D eigenvalue weighted by molar-refractivity contribution is 7.13. The van der Waals surface area contributed by atoms with Gasteiger partial charge in [-0.15, -0.1) is 11.3 Å². The number of nitrogens with one attached hydrogen (secondary N) is 1. The normalized spacial score (nSPS) is 12.9. The van der Waals surface area contributed by atoms with Crippen molar-refractivity contribution < 1.29 is 14.3 Å². The molecule has 170 valence electrons. The van der Waals surface area contributed by atoms with Gasteiger partial charge in [0.2, 0.25) is 0 Å². The molecular formula is C25H31N3O3S. The van der Waals surface area contributed by atoms with Crippen molar-refractivity contribution in [2.45, 2.75) is 53.2 Å². The summed E-state index contributed by atoms with van der Waals surface area (Å²) < 4.78 is 12.2. The Morgan fingerprint density at radius 3 is 2.72 bits per heavy atom. The van der Waals surface area contributed by atoms with E-state index >= 15 is 0 Å². The number of amides is 1. The zero-order chi connectivity index (χ0) is 23.2. The third-order valence-electron chi connectivity index (χ3n) is 5.92. The molecule has 0 radical (unpaired) electrons. The van der Waals surface area contributed by atoms with Crippen LogP contribution in [0.15, 0.2) is 23.6 Å². The first-order chi connectivity index (χ1) is 15.1. The Morgan fingerprint density at radius 1 is 1.38 bits per heavy atom. The third-order valence-corrected chi connectivity index (χ3v) is 6.80. The predicted molar refractivity (Wildman–Crippen MR) is 129 cm³/mol. The van der Waals surface area contributed by atoms with Crippen LogP contribution in [0.5, 0.6) is 11.5 Å². The molecule has 0 atom stereocenters. The van der Waals surface area contributed by atoms with Gasteiger partial charge in [0.1, 0.15) is 29.5 Å². The average Bonchev–Trinajstić information content (AvgIpc) is 3.40. The van der Waals surface area contributed by atoms with Gasteiger partial charge in [0.25, 0.3) is 5.91 Å². The first-order valence-corrected chi connectivity index (χ1v) is 11.8. The van der Waals surface area contributed by atoms with Gasteiger partial charge < -0.3 is 14.4 Å². The number of aromatic nitrogens is 2. The minimum atomic E-state index is -0.299. The zero-order valence-electron chi connectivity index (χ0n) is 19.8. The molecule has 0 spiro atoms. The fourth-order valence-corrected chi connectivity index (χ4v) is 4.78. The molecule has 1 aromatic carbocycles. The lowest BCUT2D eigenvalue weighted by Crippen LogP contribution is -2.43. The fraction of sp³-hybridized carbons (Fsp3) is 0.440. The summed E-state index contributed by atoms with van der Waals surface area (Å²) in [6.45, 7) is 10.7.